The Morgan fingerprint density at radius 3 is 2.24 bits per heavy atom. The molecule has 0 aromatic heterocycles. The van der Waals surface area contributed by atoms with Gasteiger partial charge in [-0.1, -0.05) is 48.0 Å². The second-order valence-electron chi connectivity index (χ2n) is 15.7. The first-order valence-electron chi connectivity index (χ1n) is 20.1. The summed E-state index contributed by atoms with van der Waals surface area (Å²) >= 11 is 6.52. The largest absolute Gasteiger partial charge is 0.497 e. The minimum atomic E-state index is -4.06. The SMILES string of the molecule is C=C[C@H]([C@@H]1CC[C@H]1CN1C[C@@]2(CCCc3cc(Cl)ccc32)COc2ccc(S(=O)(=O)N(Cc3ccc(OC)cc3)Cc3ccc(OC)cc3)cc21)N(C)C(=O)OCC. The van der Waals surface area contributed by atoms with Gasteiger partial charge in [0, 0.05) is 43.7 Å². The number of carbonyl (C=O) groups excluding carboxylic acids is 1. The molecule has 10 nitrogen and oxygen atoms in total. The van der Waals surface area contributed by atoms with Gasteiger partial charge in [-0.15, -0.1) is 6.58 Å². The number of methoxy groups -OCH3 is 2. The summed E-state index contributed by atoms with van der Waals surface area (Å²) in [6, 6.07) is 26.2. The van der Waals surface area contributed by atoms with E-state index in [-0.39, 0.29) is 47.4 Å². The number of likely N-dealkylation sites (N-methyl/N-ethyl adjacent to an activating group) is 1. The fourth-order valence-corrected chi connectivity index (χ4v) is 10.7. The lowest BCUT2D eigenvalue weighted by molar-refractivity contribution is 0.0619. The van der Waals surface area contributed by atoms with Crippen molar-refractivity contribution in [2.45, 2.75) is 68.5 Å². The fraction of sp³-hybridized carbons (Fsp3) is 0.413. The normalized spacial score (nSPS) is 20.5. The van der Waals surface area contributed by atoms with Gasteiger partial charge in [0.25, 0.3) is 0 Å². The summed E-state index contributed by atoms with van der Waals surface area (Å²) in [6.45, 7) is 8.25. The van der Waals surface area contributed by atoms with Crippen LogP contribution in [0.1, 0.15) is 54.9 Å². The summed E-state index contributed by atoms with van der Waals surface area (Å²) in [5, 5.41) is 0.715. The molecule has 308 valence electrons. The van der Waals surface area contributed by atoms with E-state index in [1.807, 2.05) is 66.7 Å². The van der Waals surface area contributed by atoms with Crippen molar-refractivity contribution in [3.63, 3.8) is 0 Å². The summed E-state index contributed by atoms with van der Waals surface area (Å²) < 4.78 is 54.3. The quantitative estimate of drug-likeness (QED) is 0.116. The van der Waals surface area contributed by atoms with Gasteiger partial charge < -0.3 is 28.7 Å². The number of hydrogen-bond donors (Lipinski definition) is 0. The third kappa shape index (κ3) is 8.53. The Hall–Kier alpha value is -4.71. The van der Waals surface area contributed by atoms with Crippen LogP contribution in [-0.4, -0.2) is 77.3 Å². The summed E-state index contributed by atoms with van der Waals surface area (Å²) in [5.74, 6) is 2.40. The van der Waals surface area contributed by atoms with Gasteiger partial charge in [0.2, 0.25) is 10.0 Å². The molecule has 7 rings (SSSR count). The number of benzene rings is 4. The predicted octanol–water partition coefficient (Wildman–Crippen LogP) is 8.89. The maximum Gasteiger partial charge on any atom is 0.409 e. The second kappa shape index (κ2) is 17.6. The van der Waals surface area contributed by atoms with Crippen LogP contribution in [-0.2, 0) is 39.7 Å². The summed E-state index contributed by atoms with van der Waals surface area (Å²) in [4.78, 5) is 17.0. The molecule has 4 atom stereocenters. The highest BCUT2D eigenvalue weighted by molar-refractivity contribution is 7.89. The molecular formula is C46H54ClN3O7S. The van der Waals surface area contributed by atoms with E-state index in [0.717, 1.165) is 48.9 Å². The van der Waals surface area contributed by atoms with Crippen LogP contribution in [0.25, 0.3) is 0 Å². The average Bonchev–Trinajstić information content (AvgIpc) is 3.37. The molecule has 1 heterocycles. The number of hydrogen-bond acceptors (Lipinski definition) is 8. The molecule has 12 heteroatoms. The Morgan fingerprint density at radius 2 is 1.66 bits per heavy atom. The van der Waals surface area contributed by atoms with Crippen molar-refractivity contribution in [2.24, 2.45) is 11.8 Å². The minimum absolute atomic E-state index is 0.152. The monoisotopic (exact) mass is 827 g/mol. The molecule has 3 aliphatic rings. The third-order valence-corrected chi connectivity index (χ3v) is 14.3. The van der Waals surface area contributed by atoms with Crippen LogP contribution in [0, 0.1) is 11.8 Å². The van der Waals surface area contributed by atoms with Gasteiger partial charge in [-0.3, -0.25) is 0 Å². The molecule has 0 radical (unpaired) electrons. The average molecular weight is 828 g/mol. The highest BCUT2D eigenvalue weighted by Gasteiger charge is 2.45. The standard InChI is InChI=1S/C46H54ClN3O7S/c1-6-42(48(3)45(51)56-7-2)40-21-14-35(40)29-49-30-46(24-8-9-34-25-36(47)15-22-41(34)46)31-57-44-23-20-39(26-43(44)49)58(52,53)50(27-32-10-16-37(54-4)17-11-32)28-33-12-18-38(55-5)19-13-33/h6,10-13,15-20,22-23,25-26,35,40,42H,1,7-9,14,21,24,27-31H2,2-5H3/t35-,40+,42+,46-/m0/s1. The van der Waals surface area contributed by atoms with Crippen molar-refractivity contribution >= 4 is 33.4 Å². The van der Waals surface area contributed by atoms with Gasteiger partial charge in [-0.05, 0) is 128 Å². The number of ether oxygens (including phenoxy) is 4. The van der Waals surface area contributed by atoms with Crippen molar-refractivity contribution in [3.05, 3.63) is 125 Å². The van der Waals surface area contributed by atoms with Gasteiger partial charge >= 0.3 is 6.09 Å². The van der Waals surface area contributed by atoms with Crippen molar-refractivity contribution in [2.75, 3.05) is 52.5 Å². The first-order chi connectivity index (χ1) is 28.0. The van der Waals surface area contributed by atoms with Crippen LogP contribution in [0.3, 0.4) is 0 Å². The van der Waals surface area contributed by atoms with Gasteiger partial charge in [-0.25, -0.2) is 13.2 Å². The number of halogens is 1. The third-order valence-electron chi connectivity index (χ3n) is 12.3. The molecule has 2 aliphatic carbocycles. The first kappa shape index (κ1) is 41.4. The lowest BCUT2D eigenvalue weighted by Gasteiger charge is -2.47. The predicted molar refractivity (Wildman–Crippen MR) is 228 cm³/mol. The lowest BCUT2D eigenvalue weighted by Crippen LogP contribution is -2.52. The second-order valence-corrected chi connectivity index (χ2v) is 18.1. The van der Waals surface area contributed by atoms with Crippen molar-refractivity contribution in [3.8, 4) is 17.2 Å². The topological polar surface area (TPSA) is 97.9 Å². The van der Waals surface area contributed by atoms with E-state index in [1.54, 1.807) is 45.2 Å². The molecule has 1 fully saturated rings. The van der Waals surface area contributed by atoms with E-state index in [9.17, 15) is 13.2 Å². The Labute approximate surface area is 348 Å². The van der Waals surface area contributed by atoms with Gasteiger partial charge in [-0.2, -0.15) is 4.31 Å². The molecule has 0 N–H and O–H groups in total. The highest BCUT2D eigenvalue weighted by Crippen LogP contribution is 2.47. The molecule has 0 unspecified atom stereocenters. The van der Waals surface area contributed by atoms with Gasteiger partial charge in [0.1, 0.15) is 17.2 Å². The van der Waals surface area contributed by atoms with Gasteiger partial charge in [0.15, 0.2) is 0 Å². The van der Waals surface area contributed by atoms with E-state index in [1.165, 1.54) is 15.4 Å². The van der Waals surface area contributed by atoms with Crippen LogP contribution in [0.4, 0.5) is 10.5 Å². The van der Waals surface area contributed by atoms with Gasteiger partial charge in [0.05, 0.1) is 44.1 Å². The molecule has 0 bridgehead atoms. The zero-order valence-electron chi connectivity index (χ0n) is 33.9. The summed E-state index contributed by atoms with van der Waals surface area (Å²) in [5.41, 5.74) is 4.52. The molecule has 1 amide bonds. The Morgan fingerprint density at radius 1 is 0.983 bits per heavy atom. The van der Waals surface area contributed by atoms with E-state index >= 15 is 0 Å². The van der Waals surface area contributed by atoms with Crippen molar-refractivity contribution in [1.29, 1.82) is 0 Å². The molecule has 1 spiro atoms. The number of fused-ring (bicyclic) bond motifs is 3. The molecular weight excluding hydrogens is 774 g/mol. The Balaban J connectivity index is 1.27. The Kier molecular flexibility index (Phi) is 12.6. The number of nitrogens with zero attached hydrogens (tertiary/aromatic N) is 3. The number of carbonyl (C=O) groups is 1. The molecule has 0 saturated heterocycles. The fourth-order valence-electron chi connectivity index (χ4n) is 9.02. The number of amides is 1. The Bertz CT molecular complexity index is 2150. The molecule has 1 saturated carbocycles. The number of sulfonamides is 1. The maximum atomic E-state index is 15.0. The van der Waals surface area contributed by atoms with E-state index in [2.05, 4.69) is 23.6 Å². The molecule has 58 heavy (non-hydrogen) atoms. The lowest BCUT2D eigenvalue weighted by atomic mass is 9.68. The zero-order chi connectivity index (χ0) is 41.0. The summed E-state index contributed by atoms with van der Waals surface area (Å²) in [6.07, 6.45) is 6.23. The van der Waals surface area contributed by atoms with Crippen LogP contribution in [0.5, 0.6) is 17.2 Å². The first-order valence-corrected chi connectivity index (χ1v) is 21.9. The van der Waals surface area contributed by atoms with Crippen LogP contribution < -0.4 is 19.1 Å². The summed E-state index contributed by atoms with van der Waals surface area (Å²) in [7, 11) is 0.931. The molecule has 1 aliphatic heterocycles. The van der Waals surface area contributed by atoms with Crippen molar-refractivity contribution in [1.82, 2.24) is 9.21 Å². The van der Waals surface area contributed by atoms with Crippen LogP contribution in [0.15, 0.2) is 102 Å². The van der Waals surface area contributed by atoms with Crippen LogP contribution >= 0.6 is 11.6 Å². The maximum absolute atomic E-state index is 15.0. The van der Waals surface area contributed by atoms with E-state index in [4.69, 9.17) is 30.5 Å². The van der Waals surface area contributed by atoms with Crippen molar-refractivity contribution < 1.29 is 32.2 Å². The number of aryl methyl sites for hydroxylation is 1. The smallest absolute Gasteiger partial charge is 0.409 e. The van der Waals surface area contributed by atoms with E-state index in [0.29, 0.717) is 48.6 Å². The van der Waals surface area contributed by atoms with Crippen LogP contribution in [0.2, 0.25) is 5.02 Å². The minimum Gasteiger partial charge on any atom is -0.497 e. The highest BCUT2D eigenvalue weighted by atomic mass is 35.5. The zero-order valence-corrected chi connectivity index (χ0v) is 35.4. The van der Waals surface area contributed by atoms with E-state index < -0.39 is 10.0 Å². The number of rotatable bonds is 14. The number of anilines is 1. The molecule has 4 aromatic carbocycles. The molecule has 4 aromatic rings.